The second-order valence-corrected chi connectivity index (χ2v) is 4.32. The molecule has 6 nitrogen and oxygen atoms in total. The van der Waals surface area contributed by atoms with Gasteiger partial charge >= 0.3 is 0 Å². The van der Waals surface area contributed by atoms with Crippen LogP contribution < -0.4 is 5.32 Å². The average Bonchev–Trinajstić information content (AvgIpc) is 3.04. The van der Waals surface area contributed by atoms with E-state index < -0.39 is 17.5 Å². The molecule has 0 saturated carbocycles. The molecule has 0 spiro atoms. The van der Waals surface area contributed by atoms with Crippen LogP contribution >= 0.6 is 0 Å². The lowest BCUT2D eigenvalue weighted by molar-refractivity contribution is 0.102. The zero-order valence-corrected chi connectivity index (χ0v) is 11.1. The standard InChI is InChI=1S/C14H9F2N5O/c15-10-1-2-12(11(16)6-10)20-14(22)9-3-4-18-13(5-9)21-8-17-7-19-21/h1-8H,(H,20,22). The molecule has 1 amide bonds. The largest absolute Gasteiger partial charge is 0.319 e. The average molecular weight is 301 g/mol. The fourth-order valence-electron chi connectivity index (χ4n) is 1.80. The van der Waals surface area contributed by atoms with E-state index in [4.69, 9.17) is 0 Å². The van der Waals surface area contributed by atoms with Crippen molar-refractivity contribution in [2.45, 2.75) is 0 Å². The summed E-state index contributed by atoms with van der Waals surface area (Å²) in [5.74, 6) is -1.72. The van der Waals surface area contributed by atoms with Gasteiger partial charge in [-0.1, -0.05) is 0 Å². The SMILES string of the molecule is O=C(Nc1ccc(F)cc1F)c1ccnc(-n2cncn2)c1. The van der Waals surface area contributed by atoms with E-state index in [1.54, 1.807) is 0 Å². The number of halogens is 2. The maximum atomic E-state index is 13.5. The van der Waals surface area contributed by atoms with Crippen LogP contribution in [0, 0.1) is 11.6 Å². The quantitative estimate of drug-likeness (QED) is 0.805. The molecule has 0 aliphatic carbocycles. The van der Waals surface area contributed by atoms with Gasteiger partial charge in [0.25, 0.3) is 5.91 Å². The zero-order valence-electron chi connectivity index (χ0n) is 11.1. The predicted molar refractivity (Wildman–Crippen MR) is 73.5 cm³/mol. The van der Waals surface area contributed by atoms with Crippen molar-refractivity contribution in [3.63, 3.8) is 0 Å². The van der Waals surface area contributed by atoms with Crippen molar-refractivity contribution in [3.05, 3.63) is 66.4 Å². The molecule has 3 rings (SSSR count). The first-order chi connectivity index (χ1) is 10.6. The maximum Gasteiger partial charge on any atom is 0.255 e. The molecule has 8 heteroatoms. The number of pyridine rings is 1. The van der Waals surface area contributed by atoms with E-state index in [0.29, 0.717) is 11.9 Å². The van der Waals surface area contributed by atoms with Gasteiger partial charge in [0, 0.05) is 17.8 Å². The first-order valence-corrected chi connectivity index (χ1v) is 6.21. The van der Waals surface area contributed by atoms with Gasteiger partial charge in [0.2, 0.25) is 0 Å². The van der Waals surface area contributed by atoms with Crippen LogP contribution in [-0.4, -0.2) is 25.7 Å². The van der Waals surface area contributed by atoms with Gasteiger partial charge < -0.3 is 5.32 Å². The predicted octanol–water partition coefficient (Wildman–Crippen LogP) is 2.19. The van der Waals surface area contributed by atoms with Gasteiger partial charge in [0.15, 0.2) is 5.82 Å². The number of carbonyl (C=O) groups excluding carboxylic acids is 1. The van der Waals surface area contributed by atoms with E-state index in [9.17, 15) is 13.6 Å². The molecule has 0 unspecified atom stereocenters. The molecule has 0 radical (unpaired) electrons. The molecule has 1 aromatic carbocycles. The molecule has 2 aromatic heterocycles. The minimum absolute atomic E-state index is 0.106. The second-order valence-electron chi connectivity index (χ2n) is 4.32. The molecule has 0 saturated heterocycles. The van der Waals surface area contributed by atoms with Crippen molar-refractivity contribution in [2.24, 2.45) is 0 Å². The minimum Gasteiger partial charge on any atom is -0.319 e. The summed E-state index contributed by atoms with van der Waals surface area (Å²) in [6.45, 7) is 0. The van der Waals surface area contributed by atoms with Crippen molar-refractivity contribution in [2.75, 3.05) is 5.32 Å². The third kappa shape index (κ3) is 2.80. The number of benzene rings is 1. The second kappa shape index (κ2) is 5.68. The molecule has 0 atom stereocenters. The molecule has 1 N–H and O–H groups in total. The van der Waals surface area contributed by atoms with Gasteiger partial charge in [-0.25, -0.2) is 23.4 Å². The summed E-state index contributed by atoms with van der Waals surface area (Å²) in [5.41, 5.74) is 0.148. The van der Waals surface area contributed by atoms with E-state index in [2.05, 4.69) is 20.4 Å². The maximum absolute atomic E-state index is 13.5. The molecule has 0 aliphatic heterocycles. The van der Waals surface area contributed by atoms with Crippen molar-refractivity contribution in [3.8, 4) is 5.82 Å². The smallest absolute Gasteiger partial charge is 0.255 e. The Bertz CT molecular complexity index is 820. The Morgan fingerprint density at radius 3 is 2.77 bits per heavy atom. The number of carbonyl (C=O) groups is 1. The van der Waals surface area contributed by atoms with Gasteiger partial charge in [0.1, 0.15) is 24.3 Å². The molecule has 2 heterocycles. The van der Waals surface area contributed by atoms with Gasteiger partial charge in [-0.15, -0.1) is 0 Å². The van der Waals surface area contributed by atoms with Gasteiger partial charge in [-0.05, 0) is 24.3 Å². The van der Waals surface area contributed by atoms with Gasteiger partial charge in [-0.2, -0.15) is 5.10 Å². The van der Waals surface area contributed by atoms with Crippen LogP contribution in [0.1, 0.15) is 10.4 Å². The lowest BCUT2D eigenvalue weighted by atomic mass is 10.2. The summed E-state index contributed by atoms with van der Waals surface area (Å²) in [7, 11) is 0. The minimum atomic E-state index is -0.848. The van der Waals surface area contributed by atoms with Crippen LogP contribution in [-0.2, 0) is 0 Å². The number of aromatic nitrogens is 4. The molecular formula is C14H9F2N5O. The third-order valence-corrected chi connectivity index (χ3v) is 2.84. The van der Waals surface area contributed by atoms with Crippen LogP contribution in [0.3, 0.4) is 0 Å². The third-order valence-electron chi connectivity index (χ3n) is 2.84. The monoisotopic (exact) mass is 301 g/mol. The molecule has 3 aromatic rings. The summed E-state index contributed by atoms with van der Waals surface area (Å²) in [4.78, 5) is 20.0. The van der Waals surface area contributed by atoms with Crippen LogP contribution in [0.25, 0.3) is 5.82 Å². The molecule has 0 bridgehead atoms. The van der Waals surface area contributed by atoms with Crippen LogP contribution in [0.2, 0.25) is 0 Å². The number of hydrogen-bond acceptors (Lipinski definition) is 4. The Labute approximate surface area is 123 Å². The Kier molecular flexibility index (Phi) is 3.57. The highest BCUT2D eigenvalue weighted by Crippen LogP contribution is 2.16. The lowest BCUT2D eigenvalue weighted by Crippen LogP contribution is -2.14. The number of nitrogens with zero attached hydrogens (tertiary/aromatic N) is 4. The van der Waals surface area contributed by atoms with Crippen LogP contribution in [0.4, 0.5) is 14.5 Å². The number of rotatable bonds is 3. The molecule has 0 fully saturated rings. The van der Waals surface area contributed by atoms with E-state index in [0.717, 1.165) is 12.1 Å². The molecule has 0 aliphatic rings. The highest BCUT2D eigenvalue weighted by atomic mass is 19.1. The first kappa shape index (κ1) is 13.8. The van der Waals surface area contributed by atoms with E-state index in [1.165, 1.54) is 35.7 Å². The fourth-order valence-corrected chi connectivity index (χ4v) is 1.80. The van der Waals surface area contributed by atoms with Crippen LogP contribution in [0.5, 0.6) is 0 Å². The summed E-state index contributed by atoms with van der Waals surface area (Å²) in [6, 6.07) is 5.86. The highest BCUT2D eigenvalue weighted by molar-refractivity contribution is 6.04. The van der Waals surface area contributed by atoms with Crippen molar-refractivity contribution in [1.82, 2.24) is 19.7 Å². The molecule has 110 valence electrons. The van der Waals surface area contributed by atoms with Crippen LogP contribution in [0.15, 0.2) is 49.2 Å². The Morgan fingerprint density at radius 1 is 1.18 bits per heavy atom. The summed E-state index contributed by atoms with van der Waals surface area (Å²) in [5, 5.41) is 6.28. The molecular weight excluding hydrogens is 292 g/mol. The topological polar surface area (TPSA) is 72.7 Å². The van der Waals surface area contributed by atoms with Crippen molar-refractivity contribution >= 4 is 11.6 Å². The Hall–Kier alpha value is -3.16. The molecule has 22 heavy (non-hydrogen) atoms. The highest BCUT2D eigenvalue weighted by Gasteiger charge is 2.11. The first-order valence-electron chi connectivity index (χ1n) is 6.21. The van der Waals surface area contributed by atoms with Gasteiger partial charge in [0.05, 0.1) is 5.69 Å². The number of hydrogen-bond donors (Lipinski definition) is 1. The number of amides is 1. The van der Waals surface area contributed by atoms with Crippen molar-refractivity contribution < 1.29 is 13.6 Å². The summed E-state index contributed by atoms with van der Waals surface area (Å²) in [6.07, 6.45) is 4.19. The lowest BCUT2D eigenvalue weighted by Gasteiger charge is -2.07. The number of anilines is 1. The van der Waals surface area contributed by atoms with E-state index >= 15 is 0 Å². The zero-order chi connectivity index (χ0) is 15.5. The Morgan fingerprint density at radius 2 is 2.05 bits per heavy atom. The van der Waals surface area contributed by atoms with E-state index in [1.807, 2.05) is 0 Å². The summed E-state index contributed by atoms with van der Waals surface area (Å²) < 4.78 is 27.8. The number of nitrogens with one attached hydrogen (secondary N) is 1. The van der Waals surface area contributed by atoms with E-state index in [-0.39, 0.29) is 11.3 Å². The van der Waals surface area contributed by atoms with Gasteiger partial charge in [-0.3, -0.25) is 4.79 Å². The normalized spacial score (nSPS) is 10.5. The summed E-state index contributed by atoms with van der Waals surface area (Å²) >= 11 is 0. The Balaban J connectivity index is 1.85. The fraction of sp³-hybridized carbons (Fsp3) is 0. The van der Waals surface area contributed by atoms with Crippen molar-refractivity contribution in [1.29, 1.82) is 0 Å².